The van der Waals surface area contributed by atoms with Gasteiger partial charge in [-0.2, -0.15) is 0 Å². The van der Waals surface area contributed by atoms with Crippen molar-refractivity contribution in [2.45, 2.75) is 63.2 Å². The Kier molecular flexibility index (Phi) is 18.7. The van der Waals surface area contributed by atoms with Gasteiger partial charge in [0, 0.05) is 16.5 Å². The molecule has 0 aromatic heterocycles. The van der Waals surface area contributed by atoms with Crippen LogP contribution in [0.5, 0.6) is 0 Å². The van der Waals surface area contributed by atoms with Crippen LogP contribution in [-0.2, 0) is 10.9 Å². The smallest absolute Gasteiger partial charge is 0.212 e. The van der Waals surface area contributed by atoms with E-state index in [-0.39, 0.29) is 22.5 Å². The number of hydrogen-bond acceptors (Lipinski definition) is 1. The number of Topliss-reactive ketones (excluding diaryl/α,β-unsaturated/α-hetero) is 1. The highest BCUT2D eigenvalue weighted by atomic mass is 32.2. The fourth-order valence-electron chi connectivity index (χ4n) is 8.09. The van der Waals surface area contributed by atoms with Crippen molar-refractivity contribution in [3.05, 3.63) is 182 Å². The zero-order valence-electron chi connectivity index (χ0n) is 36.6. The second-order valence-corrected chi connectivity index (χ2v) is 18.0. The van der Waals surface area contributed by atoms with Gasteiger partial charge in [0.15, 0.2) is 86.3 Å². The van der Waals surface area contributed by atoms with Crippen molar-refractivity contribution in [2.24, 2.45) is 0 Å². The predicted molar refractivity (Wildman–Crippen MR) is 224 cm³/mol. The molecule has 72 heavy (non-hydrogen) atoms. The molecule has 0 saturated heterocycles. The molecule has 0 aliphatic heterocycles. The van der Waals surface area contributed by atoms with Crippen molar-refractivity contribution in [2.75, 3.05) is 11.5 Å². The number of ketones is 1. The monoisotopic (exact) mass is 1070 g/mol. The summed E-state index contributed by atoms with van der Waals surface area (Å²) in [5.41, 5.74) is -13.6. The van der Waals surface area contributed by atoms with Crippen LogP contribution in [0, 0.1) is 122 Å². The van der Waals surface area contributed by atoms with Crippen molar-refractivity contribution in [3.8, 4) is 0 Å². The van der Waals surface area contributed by atoms with Crippen LogP contribution in [0.15, 0.2) is 59.5 Å². The Balaban J connectivity index is 0.000000304. The highest BCUT2D eigenvalue weighted by molar-refractivity contribution is 7.97. The highest BCUT2D eigenvalue weighted by Crippen LogP contribution is 2.31. The van der Waals surface area contributed by atoms with Gasteiger partial charge in [-0.15, -0.1) is 21.9 Å². The summed E-state index contributed by atoms with van der Waals surface area (Å²) < 4.78 is 308. The van der Waals surface area contributed by atoms with Gasteiger partial charge in [-0.25, -0.2) is 92.2 Å². The minimum absolute atomic E-state index is 0.113. The molecular weight excluding hydrogens is 1030 g/mol. The number of unbranched alkanes of at least 4 members (excludes halogenated alkanes) is 7. The third-order valence-corrected chi connectivity index (χ3v) is 13.8. The van der Waals surface area contributed by atoms with Crippen LogP contribution in [0.25, 0.3) is 0 Å². The third-order valence-electron chi connectivity index (χ3n) is 11.5. The summed E-state index contributed by atoms with van der Waals surface area (Å²) in [6.45, 7) is 2.24. The van der Waals surface area contributed by atoms with Gasteiger partial charge in [-0.05, 0) is 25.0 Å². The average Bonchev–Trinajstić information content (AvgIpc) is 3.37. The van der Waals surface area contributed by atoms with Crippen LogP contribution in [0.1, 0.15) is 68.6 Å². The Morgan fingerprint density at radius 3 is 0.958 bits per heavy atom. The van der Waals surface area contributed by atoms with E-state index in [2.05, 4.69) is 6.92 Å². The van der Waals surface area contributed by atoms with Crippen LogP contribution in [0.2, 0.25) is 0 Å². The first kappa shape index (κ1) is 56.8. The molecule has 0 amide bonds. The molecule has 0 saturated carbocycles. The number of carbonyl (C=O) groups is 1. The summed E-state index contributed by atoms with van der Waals surface area (Å²) in [5, 5.41) is 0. The topological polar surface area (TPSA) is 17.1 Å². The Bertz CT molecular complexity index is 2610. The van der Waals surface area contributed by atoms with E-state index < -0.39 is 144 Å². The van der Waals surface area contributed by atoms with Gasteiger partial charge < -0.3 is 0 Å². The molecule has 6 rings (SSSR count). The van der Waals surface area contributed by atoms with E-state index in [9.17, 15) is 61.9 Å². The Morgan fingerprint density at radius 1 is 0.361 bits per heavy atom. The number of benzene rings is 6. The molecule has 0 spiro atoms. The third kappa shape index (κ3) is 10.5. The lowest BCUT2D eigenvalue weighted by Gasteiger charge is -2.44. The highest BCUT2D eigenvalue weighted by Gasteiger charge is 2.52. The zero-order valence-corrected chi connectivity index (χ0v) is 37.4. The molecule has 0 radical (unpaired) electrons. The van der Waals surface area contributed by atoms with Gasteiger partial charge in [-0.3, -0.25) is 4.79 Å². The van der Waals surface area contributed by atoms with Gasteiger partial charge >= 0.3 is 0 Å². The fraction of sp³-hybridized carbons (Fsp3) is 0.229. The normalized spacial score (nSPS) is 12.0. The second-order valence-electron chi connectivity index (χ2n) is 15.8. The van der Waals surface area contributed by atoms with Gasteiger partial charge in [0.2, 0.25) is 5.78 Å². The van der Waals surface area contributed by atoms with E-state index in [1.165, 1.54) is 51.0 Å². The van der Waals surface area contributed by atoms with E-state index in [0.29, 0.717) is 10.6 Å². The van der Waals surface area contributed by atoms with Crippen LogP contribution in [0.3, 0.4) is 0 Å². The summed E-state index contributed by atoms with van der Waals surface area (Å²) in [7, 11) is -0.365. The first-order valence-corrected chi connectivity index (χ1v) is 22.7. The largest absolute Gasteiger partial charge is 0.289 e. The molecule has 0 aliphatic carbocycles. The molecule has 6 aromatic rings. The maximum Gasteiger partial charge on any atom is 0.212 e. The minimum atomic E-state index is -7.22. The number of carbonyl (C=O) groups excluding carboxylic acids is 1. The maximum atomic E-state index is 15.4. The standard InChI is InChI=1S/C24BF20.C24H32FOS/c26-5-1(6(27)14(35)21(42)13(5)34)25(2-7(28)15(36)22(43)16(37)8(2)29,3-9(30)17(38)23(44)18(39)10(3)31)4-11(32)19(40)24(45)20(41)12(4)33;1-2-3-4-5-6-7-8-14-19-27(24-18-13-12-17-22(24)25)20-23(26)21-15-10-9-11-16-21/h;9-13,15-18H,2-8,14,19-20H2,1H3/q-1;+1. The Hall–Kier alpha value is -6.07. The number of halogens is 21. The zero-order chi connectivity index (χ0) is 53.7. The van der Waals surface area contributed by atoms with Crippen molar-refractivity contribution in [3.63, 3.8) is 0 Å². The fourth-order valence-corrected chi connectivity index (χ4v) is 10.3. The lowest BCUT2D eigenvalue weighted by atomic mass is 9.12. The van der Waals surface area contributed by atoms with Crippen LogP contribution >= 0.6 is 0 Å². The summed E-state index contributed by atoms with van der Waals surface area (Å²) in [6.07, 6.45) is 2.81. The maximum absolute atomic E-state index is 15.4. The Morgan fingerprint density at radius 2 is 0.639 bits per heavy atom. The second kappa shape index (κ2) is 23.7. The minimum Gasteiger partial charge on any atom is -0.289 e. The first-order chi connectivity index (χ1) is 33.9. The van der Waals surface area contributed by atoms with Gasteiger partial charge in [0.25, 0.3) is 0 Å². The number of hydrogen-bond donors (Lipinski definition) is 0. The molecule has 0 aliphatic rings. The van der Waals surface area contributed by atoms with E-state index in [4.69, 9.17) is 0 Å². The van der Waals surface area contributed by atoms with Gasteiger partial charge in [0.05, 0.1) is 0 Å². The van der Waals surface area contributed by atoms with Crippen molar-refractivity contribution < 1.29 is 97.0 Å². The molecule has 1 nitrogen and oxygen atoms in total. The molecule has 1 atom stereocenters. The molecule has 24 heteroatoms. The summed E-state index contributed by atoms with van der Waals surface area (Å²) in [6, 6.07) is 16.3. The predicted octanol–water partition coefficient (Wildman–Crippen LogP) is 12.7. The lowest BCUT2D eigenvalue weighted by Crippen LogP contribution is -2.81. The quantitative estimate of drug-likeness (QED) is 0.0169. The van der Waals surface area contributed by atoms with Crippen LogP contribution < -0.4 is 21.9 Å². The average molecular weight is 1070 g/mol. The first-order valence-electron chi connectivity index (χ1n) is 21.2. The summed E-state index contributed by atoms with van der Waals surface area (Å²) in [5.74, 6) is -70.2. The van der Waals surface area contributed by atoms with E-state index in [0.717, 1.165) is 17.7 Å². The summed E-state index contributed by atoms with van der Waals surface area (Å²) in [4.78, 5) is 13.4. The molecule has 0 fully saturated rings. The van der Waals surface area contributed by atoms with Crippen LogP contribution in [-0.4, -0.2) is 23.4 Å². The molecule has 386 valence electrons. The molecule has 0 bridgehead atoms. The molecule has 6 aromatic carbocycles. The molecule has 0 heterocycles. The molecular formula is C48H32BF21OS. The van der Waals surface area contributed by atoms with Crippen molar-refractivity contribution in [1.29, 1.82) is 0 Å². The van der Waals surface area contributed by atoms with E-state index in [1.807, 2.05) is 42.5 Å². The van der Waals surface area contributed by atoms with Crippen LogP contribution in [0.4, 0.5) is 92.2 Å². The van der Waals surface area contributed by atoms with Gasteiger partial charge in [0.1, 0.15) is 58.4 Å². The summed E-state index contributed by atoms with van der Waals surface area (Å²) >= 11 is 0. The van der Waals surface area contributed by atoms with Gasteiger partial charge in [-0.1, -0.05) is 87.9 Å². The molecule has 1 unspecified atom stereocenters. The Labute approximate surface area is 397 Å². The lowest BCUT2D eigenvalue weighted by molar-refractivity contribution is 0.102. The van der Waals surface area contributed by atoms with Crippen molar-refractivity contribution >= 4 is 44.7 Å². The van der Waals surface area contributed by atoms with Crippen molar-refractivity contribution in [1.82, 2.24) is 0 Å². The van der Waals surface area contributed by atoms with E-state index >= 15 is 35.1 Å². The SMILES string of the molecule is CCCCCCCCCC[S+](CC(=O)c1ccccc1)c1ccccc1F.Fc1c(F)c(F)c([B-](c2c(F)c(F)c(F)c(F)c2F)(c2c(F)c(F)c(F)c(F)c2F)c2c(F)c(F)c(F)c(F)c2F)c(F)c1F. The number of rotatable bonds is 17. The molecule has 0 N–H and O–H groups in total. The van der Waals surface area contributed by atoms with E-state index in [1.54, 1.807) is 6.07 Å².